The summed E-state index contributed by atoms with van der Waals surface area (Å²) < 4.78 is 9.41. The van der Waals surface area contributed by atoms with Crippen LogP contribution in [-0.2, 0) is 11.3 Å². The van der Waals surface area contributed by atoms with Gasteiger partial charge in [-0.15, -0.1) is 0 Å². The highest BCUT2D eigenvalue weighted by atomic mass is 127. The van der Waals surface area contributed by atoms with E-state index in [9.17, 15) is 0 Å². The lowest BCUT2D eigenvalue weighted by molar-refractivity contribution is -0.665. The first-order valence-corrected chi connectivity index (χ1v) is 9.37. The van der Waals surface area contributed by atoms with Crippen LogP contribution in [0.3, 0.4) is 0 Å². The van der Waals surface area contributed by atoms with Crippen LogP contribution in [0.4, 0.5) is 5.69 Å². The number of anilines is 1. The molecule has 2 aromatic carbocycles. The van der Waals surface area contributed by atoms with E-state index in [1.165, 1.54) is 15.2 Å². The molecule has 26 heavy (non-hydrogen) atoms. The Kier molecular flexibility index (Phi) is 8.12. The number of nitrogens with one attached hydrogen (secondary N) is 1. The molecular formula is C21H23IN2OS. The second-order valence-electron chi connectivity index (χ2n) is 5.48. The number of rotatable bonds is 7. The standard InChI is InChI=1S/C21H22N2OS.HI/c1-3-23-19-12-8-9-13-20(19)25-21(23)16-18(24-4-2)14-15-22-17-10-6-5-7-11-17;/h5-16H,3-4H2,1-2H3;1H. The molecule has 0 bridgehead atoms. The van der Waals surface area contributed by atoms with E-state index in [0.717, 1.165) is 18.0 Å². The van der Waals surface area contributed by atoms with Gasteiger partial charge in [-0.3, -0.25) is 0 Å². The second kappa shape index (κ2) is 10.3. The molecule has 0 aliphatic carbocycles. The molecule has 5 heteroatoms. The third-order valence-electron chi connectivity index (χ3n) is 3.80. The van der Waals surface area contributed by atoms with Crippen LogP contribution in [-0.4, -0.2) is 6.61 Å². The van der Waals surface area contributed by atoms with Gasteiger partial charge in [-0.2, -0.15) is 4.57 Å². The molecule has 0 radical (unpaired) electrons. The summed E-state index contributed by atoms with van der Waals surface area (Å²) >= 11 is 1.78. The summed E-state index contributed by atoms with van der Waals surface area (Å²) in [5.74, 6) is 0.847. The van der Waals surface area contributed by atoms with Crippen molar-refractivity contribution in [3.05, 3.63) is 77.6 Å². The number of hydrogen-bond acceptors (Lipinski definition) is 3. The summed E-state index contributed by atoms with van der Waals surface area (Å²) in [4.78, 5) is 0. The van der Waals surface area contributed by atoms with Gasteiger partial charge in [0.15, 0.2) is 0 Å². The fourth-order valence-corrected chi connectivity index (χ4v) is 3.83. The van der Waals surface area contributed by atoms with E-state index in [4.69, 9.17) is 4.74 Å². The smallest absolute Gasteiger partial charge is 0.266 e. The van der Waals surface area contributed by atoms with Crippen molar-refractivity contribution in [1.29, 1.82) is 0 Å². The van der Waals surface area contributed by atoms with Gasteiger partial charge in [-0.25, -0.2) is 0 Å². The third kappa shape index (κ3) is 5.08. The van der Waals surface area contributed by atoms with E-state index in [2.05, 4.69) is 47.1 Å². The van der Waals surface area contributed by atoms with Crippen LogP contribution in [0.15, 0.2) is 72.6 Å². The quantitative estimate of drug-likeness (QED) is 0.244. The summed E-state index contributed by atoms with van der Waals surface area (Å²) in [5.41, 5.74) is 2.32. The molecule has 0 saturated heterocycles. The Hall–Kier alpha value is -1.86. The molecule has 0 fully saturated rings. The van der Waals surface area contributed by atoms with Crippen molar-refractivity contribution < 1.29 is 33.3 Å². The summed E-state index contributed by atoms with van der Waals surface area (Å²) in [6.45, 7) is 5.74. The van der Waals surface area contributed by atoms with Crippen LogP contribution in [0, 0.1) is 0 Å². The van der Waals surface area contributed by atoms with Crippen molar-refractivity contribution in [2.75, 3.05) is 11.9 Å². The van der Waals surface area contributed by atoms with Gasteiger partial charge in [0.1, 0.15) is 17.0 Å². The van der Waals surface area contributed by atoms with Gasteiger partial charge in [-0.05, 0) is 38.1 Å². The average Bonchev–Trinajstić information content (AvgIpc) is 2.99. The molecule has 0 atom stereocenters. The molecule has 0 saturated carbocycles. The van der Waals surface area contributed by atoms with Crippen molar-refractivity contribution >= 4 is 33.3 Å². The maximum atomic E-state index is 5.81. The number of fused-ring (bicyclic) bond motifs is 1. The number of ether oxygens (including phenoxy) is 1. The van der Waals surface area contributed by atoms with Crippen molar-refractivity contribution in [1.82, 2.24) is 0 Å². The van der Waals surface area contributed by atoms with Crippen molar-refractivity contribution in [3.8, 4) is 0 Å². The van der Waals surface area contributed by atoms with Crippen LogP contribution in [0.1, 0.15) is 18.9 Å². The lowest BCUT2D eigenvalue weighted by Crippen LogP contribution is -3.00. The van der Waals surface area contributed by atoms with Crippen molar-refractivity contribution in [2.24, 2.45) is 0 Å². The number of aryl methyl sites for hydroxylation is 1. The minimum atomic E-state index is 0. The SMILES string of the molecule is CCOC(=C\c1sc2ccccc2[n+]1CC)/C=C/Nc1ccccc1.[I-]. The number of benzene rings is 2. The largest absolute Gasteiger partial charge is 1.00 e. The maximum Gasteiger partial charge on any atom is 0.266 e. The molecule has 136 valence electrons. The molecule has 3 rings (SSSR count). The minimum absolute atomic E-state index is 0. The van der Waals surface area contributed by atoms with Crippen LogP contribution in [0.5, 0.6) is 0 Å². The zero-order chi connectivity index (χ0) is 17.5. The maximum absolute atomic E-state index is 5.81. The number of para-hydroxylation sites is 2. The van der Waals surface area contributed by atoms with Crippen LogP contribution >= 0.6 is 11.3 Å². The summed E-state index contributed by atoms with van der Waals surface area (Å²) in [7, 11) is 0. The number of allylic oxidation sites excluding steroid dienone is 1. The summed E-state index contributed by atoms with van der Waals surface area (Å²) in [5, 5.41) is 4.46. The molecule has 0 amide bonds. The Morgan fingerprint density at radius 3 is 2.54 bits per heavy atom. The first-order valence-electron chi connectivity index (χ1n) is 8.55. The Morgan fingerprint density at radius 2 is 1.81 bits per heavy atom. The predicted octanol–water partition coefficient (Wildman–Crippen LogP) is 2.22. The fraction of sp³-hybridized carbons (Fsp3) is 0.190. The molecule has 1 heterocycles. The molecule has 1 N–H and O–H groups in total. The number of halogens is 1. The highest BCUT2D eigenvalue weighted by molar-refractivity contribution is 7.18. The molecule has 0 aliphatic rings. The highest BCUT2D eigenvalue weighted by Crippen LogP contribution is 2.22. The first kappa shape index (κ1) is 20.5. The van der Waals surface area contributed by atoms with Crippen molar-refractivity contribution in [2.45, 2.75) is 20.4 Å². The number of nitrogens with zero attached hydrogens (tertiary/aromatic N) is 1. The lowest BCUT2D eigenvalue weighted by atomic mass is 10.3. The Balaban J connectivity index is 0.00000243. The number of thiazole rings is 1. The highest BCUT2D eigenvalue weighted by Gasteiger charge is 2.17. The first-order chi connectivity index (χ1) is 12.3. The van der Waals surface area contributed by atoms with Crippen molar-refractivity contribution in [3.63, 3.8) is 0 Å². The van der Waals surface area contributed by atoms with E-state index >= 15 is 0 Å². The topological polar surface area (TPSA) is 25.1 Å². The Morgan fingerprint density at radius 1 is 1.08 bits per heavy atom. The van der Waals surface area contributed by atoms with E-state index in [1.54, 1.807) is 11.3 Å². The van der Waals surface area contributed by atoms with Gasteiger partial charge in [-0.1, -0.05) is 41.7 Å². The predicted molar refractivity (Wildman–Crippen MR) is 107 cm³/mol. The Bertz CT molecular complexity index is 887. The van der Waals surface area contributed by atoms with Crippen LogP contribution in [0.25, 0.3) is 16.3 Å². The third-order valence-corrected chi connectivity index (χ3v) is 4.91. The minimum Gasteiger partial charge on any atom is -1.00 e. The lowest BCUT2D eigenvalue weighted by Gasteiger charge is -2.04. The molecule has 3 aromatic rings. The molecular weight excluding hydrogens is 455 g/mol. The number of aromatic nitrogens is 1. The van der Waals surface area contributed by atoms with Gasteiger partial charge < -0.3 is 34.0 Å². The zero-order valence-corrected chi connectivity index (χ0v) is 18.0. The normalized spacial score (nSPS) is 11.5. The molecule has 0 unspecified atom stereocenters. The molecule has 0 spiro atoms. The van der Waals surface area contributed by atoms with Gasteiger partial charge in [0.2, 0.25) is 5.52 Å². The van der Waals surface area contributed by atoms with Crippen LogP contribution < -0.4 is 33.9 Å². The monoisotopic (exact) mass is 478 g/mol. The fourth-order valence-electron chi connectivity index (χ4n) is 2.67. The second-order valence-corrected chi connectivity index (χ2v) is 6.54. The van der Waals surface area contributed by atoms with Gasteiger partial charge in [0, 0.05) is 18.0 Å². The van der Waals surface area contributed by atoms with E-state index in [0.29, 0.717) is 6.61 Å². The zero-order valence-electron chi connectivity index (χ0n) is 15.0. The van der Waals surface area contributed by atoms with Crippen LogP contribution in [0.2, 0.25) is 0 Å². The number of hydrogen-bond donors (Lipinski definition) is 1. The van der Waals surface area contributed by atoms with Gasteiger partial charge in [0.05, 0.1) is 12.7 Å². The van der Waals surface area contributed by atoms with E-state index < -0.39 is 0 Å². The summed E-state index contributed by atoms with van der Waals surface area (Å²) in [6.07, 6.45) is 6.00. The molecule has 1 aromatic heterocycles. The van der Waals surface area contributed by atoms with E-state index in [-0.39, 0.29) is 24.0 Å². The molecule has 3 nitrogen and oxygen atoms in total. The van der Waals surface area contributed by atoms with E-state index in [1.807, 2.05) is 49.5 Å². The molecule has 0 aliphatic heterocycles. The Labute approximate surface area is 176 Å². The summed E-state index contributed by atoms with van der Waals surface area (Å²) in [6, 6.07) is 18.6. The van der Waals surface area contributed by atoms with Gasteiger partial charge in [0.25, 0.3) is 5.01 Å². The average molecular weight is 478 g/mol. The van der Waals surface area contributed by atoms with Gasteiger partial charge >= 0.3 is 0 Å².